The van der Waals surface area contributed by atoms with Crippen LogP contribution >= 0.6 is 0 Å². The summed E-state index contributed by atoms with van der Waals surface area (Å²) in [6, 6.07) is 14.2. The maximum Gasteiger partial charge on any atom is 0.248 e. The van der Waals surface area contributed by atoms with E-state index in [-0.39, 0.29) is 15.9 Å². The highest BCUT2D eigenvalue weighted by Gasteiger charge is 2.35. The Hall–Kier alpha value is -2.18. The summed E-state index contributed by atoms with van der Waals surface area (Å²) in [5, 5.41) is 0. The minimum atomic E-state index is -3.73. The molecular weight excluding hydrogens is 360 g/mol. The van der Waals surface area contributed by atoms with Crippen molar-refractivity contribution in [3.05, 3.63) is 65.2 Å². The summed E-state index contributed by atoms with van der Waals surface area (Å²) >= 11 is 0. The topological polar surface area (TPSA) is 89.3 Å². The van der Waals surface area contributed by atoms with Gasteiger partial charge in [0.25, 0.3) is 0 Å². The molecule has 0 heterocycles. The van der Waals surface area contributed by atoms with Crippen LogP contribution in [0.5, 0.6) is 0 Å². The van der Waals surface area contributed by atoms with Crippen LogP contribution < -0.4 is 10.5 Å². The van der Waals surface area contributed by atoms with Crippen LogP contribution in [0.4, 0.5) is 0 Å². The van der Waals surface area contributed by atoms with Gasteiger partial charge in [0.2, 0.25) is 15.9 Å². The number of hydrogen-bond acceptors (Lipinski definition) is 3. The van der Waals surface area contributed by atoms with Gasteiger partial charge in [-0.25, -0.2) is 13.1 Å². The first-order chi connectivity index (χ1) is 12.8. The molecular formula is C21H26N2O3S. The fraction of sp³-hybridized carbons (Fsp3) is 0.381. The molecule has 2 aromatic rings. The van der Waals surface area contributed by atoms with Crippen LogP contribution in [0, 0.1) is 6.92 Å². The number of benzene rings is 2. The summed E-state index contributed by atoms with van der Waals surface area (Å²) in [6.07, 6.45) is 5.28. The molecule has 27 heavy (non-hydrogen) atoms. The van der Waals surface area contributed by atoms with Crippen LogP contribution in [0.1, 0.15) is 53.6 Å². The third-order valence-corrected chi connectivity index (χ3v) is 6.87. The SMILES string of the molecule is Cc1cccc(C2(CNS(=O)(=O)c3cccc(C(N)=O)c3)CCCCC2)c1. The lowest BCUT2D eigenvalue weighted by Crippen LogP contribution is -2.42. The zero-order valence-corrected chi connectivity index (χ0v) is 16.4. The number of primary amides is 1. The third kappa shape index (κ3) is 4.39. The predicted octanol–water partition coefficient (Wildman–Crippen LogP) is 3.27. The van der Waals surface area contributed by atoms with Gasteiger partial charge in [0, 0.05) is 17.5 Å². The van der Waals surface area contributed by atoms with Crippen molar-refractivity contribution in [2.24, 2.45) is 5.73 Å². The lowest BCUT2D eigenvalue weighted by atomic mass is 9.69. The van der Waals surface area contributed by atoms with Gasteiger partial charge in [-0.15, -0.1) is 0 Å². The van der Waals surface area contributed by atoms with Crippen LogP contribution in [0.3, 0.4) is 0 Å². The van der Waals surface area contributed by atoms with Crippen LogP contribution in [0.25, 0.3) is 0 Å². The fourth-order valence-electron chi connectivity index (χ4n) is 3.90. The minimum Gasteiger partial charge on any atom is -0.366 e. The Morgan fingerprint density at radius 3 is 2.44 bits per heavy atom. The van der Waals surface area contributed by atoms with Crippen molar-refractivity contribution < 1.29 is 13.2 Å². The molecule has 5 nitrogen and oxygen atoms in total. The number of sulfonamides is 1. The van der Waals surface area contributed by atoms with Crippen LogP contribution in [-0.2, 0) is 15.4 Å². The van der Waals surface area contributed by atoms with Gasteiger partial charge in [-0.05, 0) is 43.5 Å². The van der Waals surface area contributed by atoms with E-state index in [2.05, 4.69) is 29.8 Å². The number of carbonyl (C=O) groups excluding carboxylic acids is 1. The van der Waals surface area contributed by atoms with E-state index >= 15 is 0 Å². The Kier molecular flexibility index (Phi) is 5.67. The second kappa shape index (κ2) is 7.82. The number of nitrogens with one attached hydrogen (secondary N) is 1. The van der Waals surface area contributed by atoms with Crippen molar-refractivity contribution in [3.63, 3.8) is 0 Å². The van der Waals surface area contributed by atoms with E-state index < -0.39 is 15.9 Å². The number of amides is 1. The average molecular weight is 387 g/mol. The van der Waals surface area contributed by atoms with Crippen molar-refractivity contribution in [2.45, 2.75) is 49.3 Å². The molecule has 3 rings (SSSR count). The average Bonchev–Trinajstić information content (AvgIpc) is 2.67. The van der Waals surface area contributed by atoms with Crippen LogP contribution in [0.15, 0.2) is 53.4 Å². The van der Waals surface area contributed by atoms with Crippen molar-refractivity contribution in [2.75, 3.05) is 6.54 Å². The van der Waals surface area contributed by atoms with Gasteiger partial charge in [-0.2, -0.15) is 0 Å². The second-order valence-corrected chi connectivity index (χ2v) is 9.19. The molecule has 0 spiro atoms. The normalized spacial score (nSPS) is 16.8. The van der Waals surface area contributed by atoms with E-state index in [1.807, 2.05) is 6.07 Å². The lowest BCUT2D eigenvalue weighted by molar-refractivity contribution is 0.1000. The highest BCUT2D eigenvalue weighted by Crippen LogP contribution is 2.39. The molecule has 0 saturated heterocycles. The Labute approximate surface area is 161 Å². The van der Waals surface area contributed by atoms with Crippen LogP contribution in [0.2, 0.25) is 0 Å². The molecule has 0 aliphatic heterocycles. The van der Waals surface area contributed by atoms with E-state index in [9.17, 15) is 13.2 Å². The molecule has 1 aliphatic carbocycles. The fourth-order valence-corrected chi connectivity index (χ4v) is 5.08. The van der Waals surface area contributed by atoms with E-state index in [0.717, 1.165) is 25.7 Å². The molecule has 0 atom stereocenters. The Morgan fingerprint density at radius 1 is 1.07 bits per heavy atom. The molecule has 3 N–H and O–H groups in total. The molecule has 0 unspecified atom stereocenters. The molecule has 1 amide bonds. The summed E-state index contributed by atoms with van der Waals surface area (Å²) in [7, 11) is -3.73. The molecule has 1 aliphatic rings. The largest absolute Gasteiger partial charge is 0.366 e. The number of nitrogens with two attached hydrogens (primary N) is 1. The summed E-state index contributed by atoms with van der Waals surface area (Å²) in [5.41, 5.74) is 7.63. The van der Waals surface area contributed by atoms with Gasteiger partial charge in [-0.1, -0.05) is 55.2 Å². The van der Waals surface area contributed by atoms with Crippen molar-refractivity contribution in [3.8, 4) is 0 Å². The summed E-state index contributed by atoms with van der Waals surface area (Å²) < 4.78 is 28.4. The molecule has 1 saturated carbocycles. The van der Waals surface area contributed by atoms with E-state index in [1.165, 1.54) is 41.8 Å². The minimum absolute atomic E-state index is 0.0639. The summed E-state index contributed by atoms with van der Waals surface area (Å²) in [4.78, 5) is 11.4. The molecule has 1 fully saturated rings. The zero-order chi connectivity index (χ0) is 19.5. The standard InChI is InChI=1S/C21H26N2O3S/c1-16-7-5-9-18(13-16)21(11-3-2-4-12-21)15-23-27(25,26)19-10-6-8-17(14-19)20(22)24/h5-10,13-14,23H,2-4,11-12,15H2,1H3,(H2,22,24). The predicted molar refractivity (Wildman–Crippen MR) is 106 cm³/mol. The lowest BCUT2D eigenvalue weighted by Gasteiger charge is -2.38. The van der Waals surface area contributed by atoms with Crippen molar-refractivity contribution >= 4 is 15.9 Å². The quantitative estimate of drug-likeness (QED) is 0.798. The molecule has 2 aromatic carbocycles. The third-order valence-electron chi connectivity index (χ3n) is 5.47. The smallest absolute Gasteiger partial charge is 0.248 e. The van der Waals surface area contributed by atoms with Gasteiger partial charge >= 0.3 is 0 Å². The van der Waals surface area contributed by atoms with Crippen molar-refractivity contribution in [1.82, 2.24) is 4.72 Å². The number of rotatable bonds is 6. The van der Waals surface area contributed by atoms with Gasteiger partial charge in [0.1, 0.15) is 0 Å². The van der Waals surface area contributed by atoms with Gasteiger partial charge in [0.15, 0.2) is 0 Å². The van der Waals surface area contributed by atoms with Crippen molar-refractivity contribution in [1.29, 1.82) is 0 Å². The first-order valence-corrected chi connectivity index (χ1v) is 10.8. The highest BCUT2D eigenvalue weighted by atomic mass is 32.2. The maximum atomic E-state index is 12.8. The van der Waals surface area contributed by atoms with Gasteiger partial charge in [-0.3, -0.25) is 4.79 Å². The maximum absolute atomic E-state index is 12.8. The Morgan fingerprint density at radius 2 is 1.78 bits per heavy atom. The highest BCUT2D eigenvalue weighted by molar-refractivity contribution is 7.89. The number of aryl methyl sites for hydroxylation is 1. The first-order valence-electron chi connectivity index (χ1n) is 9.29. The van der Waals surface area contributed by atoms with Gasteiger partial charge in [0.05, 0.1) is 4.90 Å². The monoisotopic (exact) mass is 386 g/mol. The van der Waals surface area contributed by atoms with E-state index in [1.54, 1.807) is 0 Å². The zero-order valence-electron chi connectivity index (χ0n) is 15.6. The summed E-state index contributed by atoms with van der Waals surface area (Å²) in [6.45, 7) is 2.40. The Bertz CT molecular complexity index is 932. The first kappa shape index (κ1) is 19.6. The molecule has 6 heteroatoms. The second-order valence-electron chi connectivity index (χ2n) is 7.43. The molecule has 144 valence electrons. The van der Waals surface area contributed by atoms with E-state index in [4.69, 9.17) is 5.73 Å². The molecule has 0 radical (unpaired) electrons. The summed E-state index contributed by atoms with van der Waals surface area (Å²) in [5.74, 6) is -0.643. The van der Waals surface area contributed by atoms with Gasteiger partial charge < -0.3 is 5.73 Å². The van der Waals surface area contributed by atoms with E-state index in [0.29, 0.717) is 6.54 Å². The molecule has 0 bridgehead atoms. The number of carbonyl (C=O) groups is 1. The number of hydrogen-bond donors (Lipinski definition) is 2. The van der Waals surface area contributed by atoms with Crippen LogP contribution in [-0.4, -0.2) is 20.9 Å². The Balaban J connectivity index is 1.87. The molecule has 0 aromatic heterocycles.